The van der Waals surface area contributed by atoms with Crippen molar-refractivity contribution >= 4 is 31.5 Å². The number of carboxylic acid groups (broad SMARTS) is 1. The Morgan fingerprint density at radius 3 is 2.62 bits per heavy atom. The zero-order chi connectivity index (χ0) is 23.2. The van der Waals surface area contributed by atoms with Crippen molar-refractivity contribution in [2.24, 2.45) is 0 Å². The quantitative estimate of drug-likeness (QED) is 0.568. The summed E-state index contributed by atoms with van der Waals surface area (Å²) in [7, 11) is 0.893. The van der Waals surface area contributed by atoms with Crippen molar-refractivity contribution < 1.29 is 31.8 Å². The van der Waals surface area contributed by atoms with Gasteiger partial charge in [-0.25, -0.2) is 27.0 Å². The Labute approximate surface area is 186 Å². The average molecular weight is 486 g/mol. The first kappa shape index (κ1) is 22.4. The molecule has 0 unspecified atom stereocenters. The van der Waals surface area contributed by atoms with Crippen molar-refractivity contribution in [2.75, 3.05) is 19.7 Å². The van der Waals surface area contributed by atoms with Crippen LogP contribution in [0.4, 0.5) is 13.6 Å². The topological polar surface area (TPSA) is 101 Å². The number of morpholine rings is 1. The van der Waals surface area contributed by atoms with Crippen molar-refractivity contribution in [1.29, 1.82) is 0 Å². The van der Waals surface area contributed by atoms with Crippen molar-refractivity contribution in [2.45, 2.75) is 24.3 Å². The molecule has 4 rings (SSSR count). The molecule has 1 aliphatic heterocycles. The normalized spacial score (nSPS) is 17.1. The van der Waals surface area contributed by atoms with Gasteiger partial charge in [0.25, 0.3) is 9.05 Å². The van der Waals surface area contributed by atoms with E-state index < -0.39 is 43.3 Å². The number of aromatic nitrogens is 2. The minimum Gasteiger partial charge on any atom is -0.465 e. The van der Waals surface area contributed by atoms with E-state index in [1.807, 2.05) is 6.92 Å². The highest BCUT2D eigenvalue weighted by molar-refractivity contribution is 8.13. The summed E-state index contributed by atoms with van der Waals surface area (Å²) >= 11 is 0. The molecule has 0 spiro atoms. The molecule has 0 saturated carbocycles. The van der Waals surface area contributed by atoms with Crippen LogP contribution in [0.5, 0.6) is 0 Å². The van der Waals surface area contributed by atoms with E-state index in [0.29, 0.717) is 23.5 Å². The number of hydrogen-bond acceptors (Lipinski definition) is 5. The number of ether oxygens (including phenoxy) is 1. The Morgan fingerprint density at radius 1 is 1.31 bits per heavy atom. The number of benzene rings is 1. The van der Waals surface area contributed by atoms with Crippen LogP contribution in [-0.4, -0.2) is 59.7 Å². The Hall–Kier alpha value is -2.76. The van der Waals surface area contributed by atoms with E-state index >= 15 is 0 Å². The molecular weight excluding hydrogens is 468 g/mol. The highest BCUT2D eigenvalue weighted by Crippen LogP contribution is 2.33. The van der Waals surface area contributed by atoms with E-state index in [0.717, 1.165) is 5.56 Å². The van der Waals surface area contributed by atoms with Gasteiger partial charge in [-0.1, -0.05) is 0 Å². The van der Waals surface area contributed by atoms with Gasteiger partial charge in [-0.05, 0) is 36.8 Å². The van der Waals surface area contributed by atoms with E-state index in [1.165, 1.54) is 4.90 Å². The molecule has 1 atom stereocenters. The van der Waals surface area contributed by atoms with Crippen LogP contribution in [0.3, 0.4) is 0 Å². The van der Waals surface area contributed by atoms with Crippen LogP contribution in [0.15, 0.2) is 35.4 Å². The van der Waals surface area contributed by atoms with Gasteiger partial charge in [-0.3, -0.25) is 0 Å². The lowest BCUT2D eigenvalue weighted by atomic mass is 10.0. The summed E-state index contributed by atoms with van der Waals surface area (Å²) in [4.78, 5) is 16.2. The summed E-state index contributed by atoms with van der Waals surface area (Å²) in [5.74, 6) is -2.27. The molecule has 0 radical (unpaired) electrons. The zero-order valence-electron chi connectivity index (χ0n) is 16.8. The van der Waals surface area contributed by atoms with Gasteiger partial charge in [0.05, 0.1) is 41.1 Å². The molecule has 1 saturated heterocycles. The number of pyridine rings is 1. The monoisotopic (exact) mass is 485 g/mol. The molecule has 12 heteroatoms. The van der Waals surface area contributed by atoms with Crippen molar-refractivity contribution in [1.82, 2.24) is 14.3 Å². The SMILES string of the molecule is Cc1ccn2c(C[C@H]3CN(C(=O)O)CCO3)c(-c3c(F)cc(S(=O)(=O)Cl)cc3F)nc2c1. The third-order valence-electron chi connectivity index (χ3n) is 5.24. The highest BCUT2D eigenvalue weighted by atomic mass is 35.7. The van der Waals surface area contributed by atoms with Crippen molar-refractivity contribution in [3.63, 3.8) is 0 Å². The third-order valence-corrected chi connectivity index (χ3v) is 6.58. The van der Waals surface area contributed by atoms with E-state index in [9.17, 15) is 27.1 Å². The lowest BCUT2D eigenvalue weighted by Gasteiger charge is -2.31. The van der Waals surface area contributed by atoms with Crippen LogP contribution in [0.2, 0.25) is 0 Å². The number of carbonyl (C=O) groups is 1. The molecule has 8 nitrogen and oxygen atoms in total. The molecule has 170 valence electrons. The number of amides is 1. The van der Waals surface area contributed by atoms with Gasteiger partial charge in [-0.2, -0.15) is 0 Å². The summed E-state index contributed by atoms with van der Waals surface area (Å²) in [5.41, 5.74) is 1.16. The molecule has 1 N–H and O–H groups in total. The highest BCUT2D eigenvalue weighted by Gasteiger charge is 2.29. The first-order chi connectivity index (χ1) is 15.0. The number of halogens is 3. The number of rotatable bonds is 4. The fraction of sp³-hybridized carbons (Fsp3) is 0.300. The molecule has 1 aromatic carbocycles. The molecule has 0 bridgehead atoms. The molecule has 3 heterocycles. The van der Waals surface area contributed by atoms with Crippen LogP contribution in [0, 0.1) is 18.6 Å². The van der Waals surface area contributed by atoms with Gasteiger partial charge < -0.3 is 19.1 Å². The fourth-order valence-electron chi connectivity index (χ4n) is 3.74. The third kappa shape index (κ3) is 4.27. The average Bonchev–Trinajstić information content (AvgIpc) is 3.04. The number of fused-ring (bicyclic) bond motifs is 1. The molecular formula is C20H18ClF2N3O5S. The molecule has 1 amide bonds. The number of nitrogens with zero attached hydrogens (tertiary/aromatic N) is 3. The lowest BCUT2D eigenvalue weighted by Crippen LogP contribution is -2.45. The van der Waals surface area contributed by atoms with Crippen LogP contribution in [-0.2, 0) is 20.2 Å². The summed E-state index contributed by atoms with van der Waals surface area (Å²) < 4.78 is 60.2. The maximum absolute atomic E-state index is 14.9. The zero-order valence-corrected chi connectivity index (χ0v) is 18.3. The molecule has 3 aromatic rings. The van der Waals surface area contributed by atoms with E-state index in [4.69, 9.17) is 15.4 Å². The van der Waals surface area contributed by atoms with Gasteiger partial charge >= 0.3 is 6.09 Å². The number of hydrogen-bond donors (Lipinski definition) is 1. The van der Waals surface area contributed by atoms with Gasteiger partial charge in [0, 0.05) is 29.8 Å². The van der Waals surface area contributed by atoms with Crippen molar-refractivity contribution in [3.8, 4) is 11.3 Å². The second-order valence-corrected chi connectivity index (χ2v) is 10.0. The van der Waals surface area contributed by atoms with E-state index in [2.05, 4.69) is 4.98 Å². The second-order valence-electron chi connectivity index (χ2n) is 7.46. The summed E-state index contributed by atoms with van der Waals surface area (Å²) in [5, 5.41) is 9.28. The Bertz CT molecular complexity index is 1310. The lowest BCUT2D eigenvalue weighted by molar-refractivity contribution is -0.0214. The molecule has 32 heavy (non-hydrogen) atoms. The molecule has 1 aliphatic rings. The van der Waals surface area contributed by atoms with Gasteiger partial charge in [0.15, 0.2) is 0 Å². The van der Waals surface area contributed by atoms with Crippen LogP contribution in [0.1, 0.15) is 11.3 Å². The number of imidazole rings is 1. The summed E-state index contributed by atoms with van der Waals surface area (Å²) in [6.45, 7) is 2.34. The first-order valence-electron chi connectivity index (χ1n) is 9.55. The van der Waals surface area contributed by atoms with E-state index in [-0.39, 0.29) is 31.8 Å². The summed E-state index contributed by atoms with van der Waals surface area (Å²) in [6, 6.07) is 4.81. The Morgan fingerprint density at radius 2 is 2.00 bits per heavy atom. The predicted octanol–water partition coefficient (Wildman–Crippen LogP) is 3.44. The standard InChI is InChI=1S/C20H18ClF2N3O5S/c1-11-2-3-26-16(7-12-10-25(20(27)28)4-5-31-12)19(24-17(26)6-11)18-14(22)8-13(9-15(18)23)32(21,29)30/h2-3,6,8-9,12H,4-5,7,10H2,1H3,(H,27,28)/t12-/m0/s1. The Kier molecular flexibility index (Phi) is 5.82. The van der Waals surface area contributed by atoms with E-state index in [1.54, 1.807) is 22.7 Å². The predicted molar refractivity (Wildman–Crippen MR) is 111 cm³/mol. The summed E-state index contributed by atoms with van der Waals surface area (Å²) in [6.07, 6.45) is 0.176. The molecule has 2 aromatic heterocycles. The number of aryl methyl sites for hydroxylation is 1. The minimum absolute atomic E-state index is 0.0276. The Balaban J connectivity index is 1.85. The maximum atomic E-state index is 14.9. The molecule has 0 aliphatic carbocycles. The van der Waals surface area contributed by atoms with Gasteiger partial charge in [0.2, 0.25) is 0 Å². The van der Waals surface area contributed by atoms with Crippen molar-refractivity contribution in [3.05, 3.63) is 53.4 Å². The van der Waals surface area contributed by atoms with Crippen LogP contribution in [0.25, 0.3) is 16.9 Å². The van der Waals surface area contributed by atoms with Gasteiger partial charge in [0.1, 0.15) is 17.3 Å². The fourth-order valence-corrected chi connectivity index (χ4v) is 4.50. The second kappa shape index (κ2) is 8.30. The first-order valence-corrected chi connectivity index (χ1v) is 11.9. The maximum Gasteiger partial charge on any atom is 0.407 e. The molecule has 1 fully saturated rings. The largest absolute Gasteiger partial charge is 0.465 e. The van der Waals surface area contributed by atoms with Gasteiger partial charge in [-0.15, -0.1) is 0 Å². The minimum atomic E-state index is -4.34. The smallest absolute Gasteiger partial charge is 0.407 e. The van der Waals surface area contributed by atoms with Crippen LogP contribution < -0.4 is 0 Å². The van der Waals surface area contributed by atoms with Crippen LogP contribution >= 0.6 is 10.7 Å².